The van der Waals surface area contributed by atoms with Gasteiger partial charge >= 0.3 is 0 Å². The first-order valence-corrected chi connectivity index (χ1v) is 9.78. The van der Waals surface area contributed by atoms with E-state index >= 15 is 0 Å². The van der Waals surface area contributed by atoms with Crippen LogP contribution in [0.2, 0.25) is 0 Å². The Morgan fingerprint density at radius 2 is 1.81 bits per heavy atom. The van der Waals surface area contributed by atoms with Crippen LogP contribution in [0.25, 0.3) is 0 Å². The third-order valence-corrected chi connectivity index (χ3v) is 5.52. The third kappa shape index (κ3) is 3.91. The highest BCUT2D eigenvalue weighted by Gasteiger charge is 2.25. The second-order valence-corrected chi connectivity index (χ2v) is 7.59. The molecule has 2 aromatic heterocycles. The summed E-state index contributed by atoms with van der Waals surface area (Å²) in [6.07, 6.45) is 3.93. The molecule has 7 nitrogen and oxygen atoms in total. The minimum Gasteiger partial charge on any atom is -0.459 e. The maximum atomic E-state index is 12.4. The zero-order valence-corrected chi connectivity index (χ0v) is 16.1. The van der Waals surface area contributed by atoms with Crippen molar-refractivity contribution in [3.63, 3.8) is 0 Å². The maximum absolute atomic E-state index is 12.4. The second-order valence-electron chi connectivity index (χ2n) is 7.59. The highest BCUT2D eigenvalue weighted by molar-refractivity contribution is 5.91. The highest BCUT2D eigenvalue weighted by Crippen LogP contribution is 2.23. The summed E-state index contributed by atoms with van der Waals surface area (Å²) in [5.41, 5.74) is 0.989. The van der Waals surface area contributed by atoms with Crippen LogP contribution in [0.3, 0.4) is 0 Å². The normalized spacial score (nSPS) is 18.8. The van der Waals surface area contributed by atoms with Gasteiger partial charge in [-0.05, 0) is 37.8 Å². The van der Waals surface area contributed by atoms with Gasteiger partial charge in [0.25, 0.3) is 5.91 Å². The van der Waals surface area contributed by atoms with E-state index < -0.39 is 0 Å². The Labute approximate surface area is 160 Å². The zero-order chi connectivity index (χ0) is 18.8. The van der Waals surface area contributed by atoms with Gasteiger partial charge in [0.15, 0.2) is 5.76 Å². The fourth-order valence-corrected chi connectivity index (χ4v) is 3.74. The summed E-state index contributed by atoms with van der Waals surface area (Å²) in [6, 6.07) is 5.50. The van der Waals surface area contributed by atoms with Gasteiger partial charge in [0.05, 0.1) is 6.26 Å². The number of carbonyl (C=O) groups excluding carboxylic acids is 1. The van der Waals surface area contributed by atoms with E-state index in [-0.39, 0.29) is 5.91 Å². The quantitative estimate of drug-likeness (QED) is 0.828. The molecule has 0 atom stereocenters. The van der Waals surface area contributed by atoms with Gasteiger partial charge < -0.3 is 19.1 Å². The van der Waals surface area contributed by atoms with Gasteiger partial charge in [-0.1, -0.05) is 6.92 Å². The van der Waals surface area contributed by atoms with Crippen molar-refractivity contribution in [2.24, 2.45) is 5.92 Å². The summed E-state index contributed by atoms with van der Waals surface area (Å²) < 4.78 is 5.24. The molecule has 0 radical (unpaired) electrons. The van der Waals surface area contributed by atoms with E-state index in [9.17, 15) is 4.79 Å². The van der Waals surface area contributed by atoms with Crippen molar-refractivity contribution >= 4 is 17.7 Å². The van der Waals surface area contributed by atoms with Crippen LogP contribution in [0.4, 0.5) is 11.8 Å². The largest absolute Gasteiger partial charge is 0.459 e. The van der Waals surface area contributed by atoms with E-state index in [1.165, 1.54) is 19.1 Å². The van der Waals surface area contributed by atoms with Gasteiger partial charge in [-0.15, -0.1) is 0 Å². The molecule has 0 spiro atoms. The van der Waals surface area contributed by atoms with Gasteiger partial charge in [0.2, 0.25) is 5.95 Å². The molecule has 2 aliphatic rings. The van der Waals surface area contributed by atoms with Gasteiger partial charge in [-0.3, -0.25) is 4.79 Å². The summed E-state index contributed by atoms with van der Waals surface area (Å²) in [7, 11) is 0. The maximum Gasteiger partial charge on any atom is 0.289 e. The summed E-state index contributed by atoms with van der Waals surface area (Å²) in [5, 5.41) is 0. The molecule has 4 rings (SSSR count). The number of aromatic nitrogens is 2. The lowest BCUT2D eigenvalue weighted by Crippen LogP contribution is -2.49. The monoisotopic (exact) mass is 369 g/mol. The Kier molecular flexibility index (Phi) is 5.01. The van der Waals surface area contributed by atoms with Crippen molar-refractivity contribution in [3.8, 4) is 0 Å². The lowest BCUT2D eigenvalue weighted by Gasteiger charge is -2.36. The molecule has 2 fully saturated rings. The first kappa shape index (κ1) is 17.8. The zero-order valence-electron chi connectivity index (χ0n) is 16.1. The van der Waals surface area contributed by atoms with Crippen LogP contribution in [0, 0.1) is 12.8 Å². The number of anilines is 2. The van der Waals surface area contributed by atoms with Crippen LogP contribution in [0.1, 0.15) is 36.0 Å². The summed E-state index contributed by atoms with van der Waals surface area (Å²) in [6.45, 7) is 9.24. The molecule has 0 aromatic carbocycles. The molecule has 0 aliphatic carbocycles. The van der Waals surface area contributed by atoms with Crippen LogP contribution in [0.5, 0.6) is 0 Å². The molecule has 0 saturated carbocycles. The molecule has 2 aliphatic heterocycles. The Balaban J connectivity index is 1.43. The number of hydrogen-bond acceptors (Lipinski definition) is 6. The number of nitrogens with zero attached hydrogens (tertiary/aromatic N) is 5. The van der Waals surface area contributed by atoms with Gasteiger partial charge in [-0.25, -0.2) is 4.98 Å². The molecule has 27 heavy (non-hydrogen) atoms. The third-order valence-electron chi connectivity index (χ3n) is 5.52. The first-order valence-electron chi connectivity index (χ1n) is 9.78. The SMILES string of the molecule is Cc1cc(N2CCN(C(=O)c3ccco3)CC2)nc(N2CCC(C)CC2)n1. The van der Waals surface area contributed by atoms with Crippen molar-refractivity contribution in [1.29, 1.82) is 0 Å². The van der Waals surface area contributed by atoms with Crippen molar-refractivity contribution in [3.05, 3.63) is 35.9 Å². The van der Waals surface area contributed by atoms with Crippen molar-refractivity contribution in [1.82, 2.24) is 14.9 Å². The van der Waals surface area contributed by atoms with E-state index in [2.05, 4.69) is 21.7 Å². The number of rotatable bonds is 3. The Morgan fingerprint density at radius 1 is 1.07 bits per heavy atom. The predicted octanol–water partition coefficient (Wildman–Crippen LogP) is 2.58. The fraction of sp³-hybridized carbons (Fsp3) is 0.550. The van der Waals surface area contributed by atoms with E-state index in [1.54, 1.807) is 12.1 Å². The molecule has 0 N–H and O–H groups in total. The van der Waals surface area contributed by atoms with E-state index in [0.717, 1.165) is 49.6 Å². The van der Waals surface area contributed by atoms with E-state index in [0.29, 0.717) is 18.8 Å². The number of amides is 1. The number of furan rings is 1. The molecule has 144 valence electrons. The van der Waals surface area contributed by atoms with Gasteiger partial charge in [-0.2, -0.15) is 4.98 Å². The molecule has 0 unspecified atom stereocenters. The van der Waals surface area contributed by atoms with Crippen LogP contribution in [-0.4, -0.2) is 60.0 Å². The number of aryl methyl sites for hydroxylation is 1. The molecule has 4 heterocycles. The van der Waals surface area contributed by atoms with E-state index in [1.807, 2.05) is 17.9 Å². The highest BCUT2D eigenvalue weighted by atomic mass is 16.3. The molecular weight excluding hydrogens is 342 g/mol. The van der Waals surface area contributed by atoms with Crippen LogP contribution < -0.4 is 9.80 Å². The summed E-state index contributed by atoms with van der Waals surface area (Å²) in [5.74, 6) is 2.95. The smallest absolute Gasteiger partial charge is 0.289 e. The minimum absolute atomic E-state index is 0.0401. The molecular formula is C20H27N5O2. The van der Waals surface area contributed by atoms with Crippen molar-refractivity contribution in [2.45, 2.75) is 26.7 Å². The van der Waals surface area contributed by atoms with Gasteiger partial charge in [0, 0.05) is 51.0 Å². The lowest BCUT2D eigenvalue weighted by atomic mass is 10.00. The standard InChI is InChI=1S/C20H27N5O2/c1-15-5-7-25(8-6-15)20-21-16(2)14-18(22-20)23-9-11-24(12-10-23)19(26)17-4-3-13-27-17/h3-4,13-15H,5-12H2,1-2H3. The second kappa shape index (κ2) is 7.58. The van der Waals surface area contributed by atoms with E-state index in [4.69, 9.17) is 9.40 Å². The average molecular weight is 369 g/mol. The van der Waals surface area contributed by atoms with Crippen LogP contribution in [-0.2, 0) is 0 Å². The molecule has 2 saturated heterocycles. The first-order chi connectivity index (χ1) is 13.1. The van der Waals surface area contributed by atoms with Crippen molar-refractivity contribution in [2.75, 3.05) is 49.1 Å². The van der Waals surface area contributed by atoms with Crippen molar-refractivity contribution < 1.29 is 9.21 Å². The summed E-state index contributed by atoms with van der Waals surface area (Å²) in [4.78, 5) is 28.3. The molecule has 0 bridgehead atoms. The fourth-order valence-electron chi connectivity index (χ4n) is 3.74. The predicted molar refractivity (Wildman–Crippen MR) is 104 cm³/mol. The van der Waals surface area contributed by atoms with Gasteiger partial charge in [0.1, 0.15) is 5.82 Å². The topological polar surface area (TPSA) is 65.7 Å². The molecule has 7 heteroatoms. The number of hydrogen-bond donors (Lipinski definition) is 0. The Morgan fingerprint density at radius 3 is 2.48 bits per heavy atom. The van der Waals surface area contributed by atoms with Crippen LogP contribution >= 0.6 is 0 Å². The lowest BCUT2D eigenvalue weighted by molar-refractivity contribution is 0.0714. The number of piperazine rings is 1. The molecule has 2 aromatic rings. The average Bonchev–Trinajstić information content (AvgIpc) is 3.22. The number of piperidine rings is 1. The van der Waals surface area contributed by atoms with Crippen LogP contribution in [0.15, 0.2) is 28.9 Å². The minimum atomic E-state index is -0.0401. The number of carbonyl (C=O) groups is 1. The molecule has 1 amide bonds. The Hall–Kier alpha value is -2.57. The Bertz CT molecular complexity index is 776. The summed E-state index contributed by atoms with van der Waals surface area (Å²) >= 11 is 0.